The van der Waals surface area contributed by atoms with Crippen molar-refractivity contribution in [2.24, 2.45) is 46.3 Å². The number of carbonyl (C=O) groups excluding carboxylic acids is 1. The van der Waals surface area contributed by atoms with Crippen LogP contribution in [-0.2, 0) is 9.59 Å². The maximum atomic E-state index is 12.0. The van der Waals surface area contributed by atoms with E-state index in [1.165, 1.54) is 38.5 Å². The summed E-state index contributed by atoms with van der Waals surface area (Å²) in [5, 5.41) is 9.09. The van der Waals surface area contributed by atoms with Crippen LogP contribution in [0, 0.1) is 46.3 Å². The smallest absolute Gasteiger partial charge is 0.303 e. The fraction of sp³-hybridized carbons (Fsp3) is 0.917. The summed E-state index contributed by atoms with van der Waals surface area (Å²) in [7, 11) is 0. The topological polar surface area (TPSA) is 54.4 Å². The fourth-order valence-electron chi connectivity index (χ4n) is 8.57. The predicted octanol–water partition coefficient (Wildman–Crippen LogP) is 5.72. The average Bonchev–Trinajstić information content (AvgIpc) is 2.97. The standard InChI is InChI=1S/C24H38O3/c1-15(4-9-22(26)27)19-7-8-20-18-6-5-16-14-17(25)10-12-23(16,2)21(18)11-13-24(19,20)3/h15-16,18-21H,4-14H2,1-3H3,(H,26,27)/t15-,16?,18?,19?,20?,21?,23?,24?/m1/s1. The third kappa shape index (κ3) is 3.08. The Morgan fingerprint density at radius 3 is 2.56 bits per heavy atom. The number of fused-ring (bicyclic) bond motifs is 5. The van der Waals surface area contributed by atoms with Crippen molar-refractivity contribution in [3.05, 3.63) is 0 Å². The molecule has 1 N–H and O–H groups in total. The summed E-state index contributed by atoms with van der Waals surface area (Å²) < 4.78 is 0. The van der Waals surface area contributed by atoms with Crippen molar-refractivity contribution < 1.29 is 14.7 Å². The molecule has 3 heteroatoms. The Morgan fingerprint density at radius 1 is 1.07 bits per heavy atom. The Morgan fingerprint density at radius 2 is 1.81 bits per heavy atom. The zero-order valence-corrected chi connectivity index (χ0v) is 17.5. The van der Waals surface area contributed by atoms with Crippen molar-refractivity contribution in [3.8, 4) is 0 Å². The van der Waals surface area contributed by atoms with E-state index in [2.05, 4.69) is 20.8 Å². The Kier molecular flexibility index (Phi) is 4.96. The first-order valence-electron chi connectivity index (χ1n) is 11.5. The summed E-state index contributed by atoms with van der Waals surface area (Å²) in [6.45, 7) is 7.37. The van der Waals surface area contributed by atoms with Crippen molar-refractivity contribution in [2.75, 3.05) is 0 Å². The lowest BCUT2D eigenvalue weighted by molar-refractivity contribution is -0.140. The average molecular weight is 375 g/mol. The highest BCUT2D eigenvalue weighted by Gasteiger charge is 2.60. The number of carboxylic acids is 1. The van der Waals surface area contributed by atoms with E-state index in [9.17, 15) is 9.59 Å². The van der Waals surface area contributed by atoms with Gasteiger partial charge in [0.05, 0.1) is 0 Å². The van der Waals surface area contributed by atoms with Crippen LogP contribution in [0.1, 0.15) is 91.4 Å². The monoisotopic (exact) mass is 374 g/mol. The molecule has 152 valence electrons. The molecule has 4 rings (SSSR count). The maximum Gasteiger partial charge on any atom is 0.303 e. The van der Waals surface area contributed by atoms with Crippen molar-refractivity contribution in [1.82, 2.24) is 0 Å². The van der Waals surface area contributed by atoms with Crippen LogP contribution in [0.25, 0.3) is 0 Å². The maximum absolute atomic E-state index is 12.0. The molecule has 0 bridgehead atoms. The van der Waals surface area contributed by atoms with Gasteiger partial charge in [0.25, 0.3) is 0 Å². The van der Waals surface area contributed by atoms with Crippen molar-refractivity contribution in [1.29, 1.82) is 0 Å². The second-order valence-corrected chi connectivity index (χ2v) is 11.0. The van der Waals surface area contributed by atoms with Gasteiger partial charge in [-0.2, -0.15) is 0 Å². The molecule has 7 unspecified atom stereocenters. The van der Waals surface area contributed by atoms with Crippen LogP contribution in [-0.4, -0.2) is 16.9 Å². The summed E-state index contributed by atoms with van der Waals surface area (Å²) in [4.78, 5) is 23.1. The summed E-state index contributed by atoms with van der Waals surface area (Å²) in [5.74, 6) is 4.19. The normalized spacial score (nSPS) is 47.7. The van der Waals surface area contributed by atoms with Crippen LogP contribution in [0.5, 0.6) is 0 Å². The van der Waals surface area contributed by atoms with Gasteiger partial charge in [0.15, 0.2) is 0 Å². The number of ketones is 1. The SMILES string of the molecule is C[C@H](CCC(=O)O)C1CCC2C3CCC4CC(=O)CCC4(C)C3CCC21C. The van der Waals surface area contributed by atoms with Crippen LogP contribution in [0.15, 0.2) is 0 Å². The Labute approximate surface area is 164 Å². The first-order valence-corrected chi connectivity index (χ1v) is 11.5. The number of hydrogen-bond acceptors (Lipinski definition) is 2. The lowest BCUT2D eigenvalue weighted by Gasteiger charge is -2.60. The van der Waals surface area contributed by atoms with Crippen molar-refractivity contribution >= 4 is 11.8 Å². The molecule has 4 aliphatic carbocycles. The van der Waals surface area contributed by atoms with Gasteiger partial charge in [-0.15, -0.1) is 0 Å². The van der Waals surface area contributed by atoms with E-state index in [-0.39, 0.29) is 0 Å². The zero-order chi connectivity index (χ0) is 19.4. The van der Waals surface area contributed by atoms with Crippen LogP contribution < -0.4 is 0 Å². The quantitative estimate of drug-likeness (QED) is 0.685. The Bertz CT molecular complexity index is 613. The molecule has 4 fully saturated rings. The highest BCUT2D eigenvalue weighted by atomic mass is 16.4. The molecule has 4 aliphatic rings. The molecule has 0 heterocycles. The lowest BCUT2D eigenvalue weighted by atomic mass is 9.44. The molecular weight excluding hydrogens is 336 g/mol. The largest absolute Gasteiger partial charge is 0.481 e. The second kappa shape index (κ2) is 6.88. The summed E-state index contributed by atoms with van der Waals surface area (Å²) in [6.07, 6.45) is 11.8. The minimum atomic E-state index is -0.650. The molecule has 0 aromatic heterocycles. The number of rotatable bonds is 4. The van der Waals surface area contributed by atoms with E-state index < -0.39 is 5.97 Å². The first kappa shape index (κ1) is 19.5. The Hall–Kier alpha value is -0.860. The first-order chi connectivity index (χ1) is 12.8. The van der Waals surface area contributed by atoms with Gasteiger partial charge in [-0.05, 0) is 97.7 Å². The highest BCUT2D eigenvalue weighted by Crippen LogP contribution is 2.68. The van der Waals surface area contributed by atoms with Crippen LogP contribution in [0.3, 0.4) is 0 Å². The van der Waals surface area contributed by atoms with Gasteiger partial charge < -0.3 is 5.11 Å². The molecule has 0 saturated heterocycles. The van der Waals surface area contributed by atoms with Gasteiger partial charge >= 0.3 is 5.97 Å². The van der Waals surface area contributed by atoms with Crippen molar-refractivity contribution in [3.63, 3.8) is 0 Å². The molecule has 0 amide bonds. The van der Waals surface area contributed by atoms with E-state index in [0.717, 1.165) is 43.4 Å². The molecule has 8 atom stereocenters. The molecule has 0 spiro atoms. The molecule has 0 aliphatic heterocycles. The van der Waals surface area contributed by atoms with E-state index in [4.69, 9.17) is 5.11 Å². The summed E-state index contributed by atoms with van der Waals surface area (Å²) in [5.41, 5.74) is 0.804. The molecule has 4 saturated carbocycles. The van der Waals surface area contributed by atoms with Crippen molar-refractivity contribution in [2.45, 2.75) is 91.4 Å². The lowest BCUT2D eigenvalue weighted by Crippen LogP contribution is -2.53. The van der Waals surface area contributed by atoms with Gasteiger partial charge in [0.2, 0.25) is 0 Å². The van der Waals surface area contributed by atoms with E-state index >= 15 is 0 Å². The molecular formula is C24H38O3. The van der Waals surface area contributed by atoms with E-state index in [1.807, 2.05) is 0 Å². The number of aliphatic carboxylic acids is 1. The van der Waals surface area contributed by atoms with Crippen LogP contribution in [0.4, 0.5) is 0 Å². The zero-order valence-electron chi connectivity index (χ0n) is 17.5. The molecule has 0 aromatic rings. The van der Waals surface area contributed by atoms with Crippen LogP contribution >= 0.6 is 0 Å². The molecule has 0 radical (unpaired) electrons. The summed E-state index contributed by atoms with van der Waals surface area (Å²) >= 11 is 0. The summed E-state index contributed by atoms with van der Waals surface area (Å²) in [6, 6.07) is 0. The van der Waals surface area contributed by atoms with Gasteiger partial charge in [-0.25, -0.2) is 0 Å². The minimum absolute atomic E-state index is 0.318. The number of carboxylic acid groups (broad SMARTS) is 1. The molecule has 3 nitrogen and oxygen atoms in total. The van der Waals surface area contributed by atoms with Gasteiger partial charge in [0.1, 0.15) is 5.78 Å². The fourth-order valence-corrected chi connectivity index (χ4v) is 8.57. The third-order valence-corrected chi connectivity index (χ3v) is 10.1. The second-order valence-electron chi connectivity index (χ2n) is 11.0. The number of hydrogen-bond donors (Lipinski definition) is 1. The third-order valence-electron chi connectivity index (χ3n) is 10.1. The number of Topliss-reactive ketones (excluding diaryl/α,β-unsaturated/α-hetero) is 1. The minimum Gasteiger partial charge on any atom is -0.481 e. The van der Waals surface area contributed by atoms with Gasteiger partial charge in [-0.3, -0.25) is 9.59 Å². The predicted molar refractivity (Wildman–Crippen MR) is 106 cm³/mol. The number of carbonyl (C=O) groups is 2. The van der Waals surface area contributed by atoms with E-state index in [1.54, 1.807) is 0 Å². The molecule has 0 aromatic carbocycles. The van der Waals surface area contributed by atoms with Crippen LogP contribution in [0.2, 0.25) is 0 Å². The molecule has 27 heavy (non-hydrogen) atoms. The Balaban J connectivity index is 1.52. The van der Waals surface area contributed by atoms with E-state index in [0.29, 0.717) is 40.8 Å². The van der Waals surface area contributed by atoms with Gasteiger partial charge in [0, 0.05) is 19.3 Å². The highest BCUT2D eigenvalue weighted by molar-refractivity contribution is 5.79. The van der Waals surface area contributed by atoms with Gasteiger partial charge in [-0.1, -0.05) is 20.8 Å².